The van der Waals surface area contributed by atoms with Gasteiger partial charge in [0.2, 0.25) is 5.91 Å². The number of carbonyl (C=O) groups is 3. The number of carbonyl (C=O) groups excluding carboxylic acids is 3. The molecule has 0 atom stereocenters. The lowest BCUT2D eigenvalue weighted by Gasteiger charge is -2.14. The van der Waals surface area contributed by atoms with Gasteiger partial charge in [-0.15, -0.1) is 11.3 Å². The van der Waals surface area contributed by atoms with Crippen LogP contribution in [-0.2, 0) is 14.3 Å². The average molecular weight is 490 g/mol. The van der Waals surface area contributed by atoms with Crippen molar-refractivity contribution in [2.75, 3.05) is 19.0 Å². The van der Waals surface area contributed by atoms with Gasteiger partial charge in [0.05, 0.1) is 23.3 Å². The summed E-state index contributed by atoms with van der Waals surface area (Å²) in [6.45, 7) is 2.41. The molecule has 1 fully saturated rings. The molecule has 0 saturated carbocycles. The minimum Gasteiger partial charge on any atom is -0.465 e. The minimum atomic E-state index is -0.404. The number of nitrogens with zero attached hydrogens (tertiary/aromatic N) is 2. The van der Waals surface area contributed by atoms with Crippen LogP contribution in [0.2, 0.25) is 0 Å². The number of unbranched alkanes of at least 4 members (excludes halogenated alkanes) is 2. The number of aryl methyl sites for hydroxylation is 1. The number of methoxy groups -OCH3 is 1. The van der Waals surface area contributed by atoms with Crippen LogP contribution in [0.1, 0.15) is 47.3 Å². The zero-order valence-electron chi connectivity index (χ0n) is 17.8. The highest BCUT2D eigenvalue weighted by Crippen LogP contribution is 2.32. The number of hydrogen-bond donors (Lipinski definition) is 1. The molecule has 0 unspecified atom stereocenters. The molecule has 1 N–H and O–H groups in total. The van der Waals surface area contributed by atoms with E-state index in [2.05, 4.69) is 15.0 Å². The van der Waals surface area contributed by atoms with Crippen LogP contribution in [-0.4, -0.2) is 45.6 Å². The molecule has 0 radical (unpaired) electrons. The first kappa shape index (κ1) is 24.1. The second kappa shape index (κ2) is 11.3. The van der Waals surface area contributed by atoms with Gasteiger partial charge in [0.15, 0.2) is 5.13 Å². The summed E-state index contributed by atoms with van der Waals surface area (Å²) in [5, 5.41) is 5.31. The zero-order chi connectivity index (χ0) is 23.1. The van der Waals surface area contributed by atoms with Crippen LogP contribution < -0.4 is 5.32 Å². The van der Waals surface area contributed by atoms with Crippen molar-refractivity contribution in [3.8, 4) is 0 Å². The molecule has 1 saturated heterocycles. The summed E-state index contributed by atoms with van der Waals surface area (Å²) in [6, 6.07) is 6.84. The quantitative estimate of drug-likeness (QED) is 0.238. The van der Waals surface area contributed by atoms with E-state index >= 15 is 0 Å². The first-order valence-electron chi connectivity index (χ1n) is 10.0. The second-order valence-corrected chi connectivity index (χ2v) is 9.63. The first-order valence-corrected chi connectivity index (χ1v) is 12.1. The molecular weight excluding hydrogens is 466 g/mol. The fourth-order valence-electron chi connectivity index (χ4n) is 3.00. The summed E-state index contributed by atoms with van der Waals surface area (Å²) >= 11 is 8.06. The Morgan fingerprint density at radius 3 is 2.62 bits per heavy atom. The van der Waals surface area contributed by atoms with Crippen LogP contribution in [0.3, 0.4) is 0 Å². The van der Waals surface area contributed by atoms with Crippen molar-refractivity contribution in [1.82, 2.24) is 9.88 Å². The van der Waals surface area contributed by atoms with E-state index in [4.69, 9.17) is 12.2 Å². The number of benzene rings is 1. The summed E-state index contributed by atoms with van der Waals surface area (Å²) in [5.74, 6) is -0.571. The maximum atomic E-state index is 12.7. The lowest BCUT2D eigenvalue weighted by Crippen LogP contribution is -2.29. The maximum absolute atomic E-state index is 12.7. The second-order valence-electron chi connectivity index (χ2n) is 7.10. The number of hydrogen-bond acceptors (Lipinski definition) is 8. The fraction of sp³-hybridized carbons (Fsp3) is 0.318. The number of ether oxygens (including phenoxy) is 1. The Hall–Kier alpha value is -2.56. The predicted octanol–water partition coefficient (Wildman–Crippen LogP) is 4.64. The Bertz CT molecular complexity index is 1050. The predicted molar refractivity (Wildman–Crippen MR) is 132 cm³/mol. The van der Waals surface area contributed by atoms with Crippen LogP contribution in [0.5, 0.6) is 0 Å². The molecule has 1 aliphatic rings. The summed E-state index contributed by atoms with van der Waals surface area (Å²) in [6.07, 6.45) is 4.49. The highest BCUT2D eigenvalue weighted by atomic mass is 32.2. The van der Waals surface area contributed by atoms with Crippen molar-refractivity contribution in [2.45, 2.75) is 32.6 Å². The van der Waals surface area contributed by atoms with E-state index in [1.807, 2.05) is 12.3 Å². The number of nitrogens with one attached hydrogen (secondary N) is 1. The normalized spacial score (nSPS) is 14.8. The van der Waals surface area contributed by atoms with E-state index in [1.165, 1.54) is 30.2 Å². The summed E-state index contributed by atoms with van der Waals surface area (Å²) in [4.78, 5) is 42.6. The van der Waals surface area contributed by atoms with Crippen molar-refractivity contribution in [2.24, 2.45) is 0 Å². The van der Waals surface area contributed by atoms with E-state index in [0.717, 1.165) is 30.5 Å². The highest BCUT2D eigenvalue weighted by molar-refractivity contribution is 8.26. The summed E-state index contributed by atoms with van der Waals surface area (Å²) in [7, 11) is 1.33. The lowest BCUT2D eigenvalue weighted by atomic mass is 10.1. The molecule has 1 aromatic heterocycles. The van der Waals surface area contributed by atoms with Gasteiger partial charge < -0.3 is 10.1 Å². The molecule has 0 aliphatic carbocycles. The van der Waals surface area contributed by atoms with Crippen molar-refractivity contribution < 1.29 is 19.1 Å². The number of aromatic nitrogens is 1. The van der Waals surface area contributed by atoms with Crippen molar-refractivity contribution in [1.29, 1.82) is 0 Å². The number of anilines is 1. The number of thioether (sulfide) groups is 1. The molecule has 1 aromatic carbocycles. The average Bonchev–Trinajstić information content (AvgIpc) is 3.30. The molecule has 2 aromatic rings. The van der Waals surface area contributed by atoms with Crippen molar-refractivity contribution in [3.05, 3.63) is 51.4 Å². The van der Waals surface area contributed by atoms with Gasteiger partial charge in [-0.05, 0) is 43.5 Å². The van der Waals surface area contributed by atoms with Gasteiger partial charge in [-0.25, -0.2) is 9.78 Å². The number of amides is 2. The Balaban J connectivity index is 1.44. The van der Waals surface area contributed by atoms with Crippen LogP contribution in [0.4, 0.5) is 5.13 Å². The minimum absolute atomic E-state index is 0.0499. The van der Waals surface area contributed by atoms with Crippen LogP contribution in [0.25, 0.3) is 6.08 Å². The van der Waals surface area contributed by atoms with Gasteiger partial charge in [0.1, 0.15) is 4.32 Å². The molecule has 7 nitrogen and oxygen atoms in total. The Morgan fingerprint density at radius 1 is 1.22 bits per heavy atom. The van der Waals surface area contributed by atoms with Crippen LogP contribution in [0.15, 0.2) is 34.6 Å². The number of thiazole rings is 1. The number of rotatable bonds is 9. The van der Waals surface area contributed by atoms with Gasteiger partial charge in [0, 0.05) is 18.3 Å². The van der Waals surface area contributed by atoms with E-state index in [1.54, 1.807) is 35.2 Å². The molecule has 0 bridgehead atoms. The Labute approximate surface area is 200 Å². The molecular formula is C22H23N3O4S3. The largest absolute Gasteiger partial charge is 0.465 e. The van der Waals surface area contributed by atoms with Gasteiger partial charge in [-0.2, -0.15) is 0 Å². The molecule has 0 spiro atoms. The number of thiocarbonyl (C=S) groups is 1. The summed E-state index contributed by atoms with van der Waals surface area (Å²) < 4.78 is 5.22. The Kier molecular flexibility index (Phi) is 8.54. The molecule has 1 aliphatic heterocycles. The van der Waals surface area contributed by atoms with Crippen LogP contribution >= 0.6 is 35.3 Å². The molecule has 3 rings (SSSR count). The van der Waals surface area contributed by atoms with Gasteiger partial charge in [0.25, 0.3) is 5.91 Å². The summed E-state index contributed by atoms with van der Waals surface area (Å²) in [5.41, 5.74) is 2.15. The zero-order valence-corrected chi connectivity index (χ0v) is 20.2. The highest BCUT2D eigenvalue weighted by Gasteiger charge is 2.31. The SMILES string of the molecule is COC(=O)c1ccc(C=C2SC(=S)N(CCCCCC(=O)Nc3nc(C)cs3)C2=O)cc1. The monoisotopic (exact) mass is 489 g/mol. The molecule has 10 heteroatoms. The van der Waals surface area contributed by atoms with E-state index in [0.29, 0.717) is 32.9 Å². The van der Waals surface area contributed by atoms with E-state index in [9.17, 15) is 14.4 Å². The third-order valence-corrected chi connectivity index (χ3v) is 6.91. The van der Waals surface area contributed by atoms with E-state index < -0.39 is 5.97 Å². The number of esters is 1. The Morgan fingerprint density at radius 2 is 1.97 bits per heavy atom. The third-order valence-electron chi connectivity index (χ3n) is 4.65. The first-order chi connectivity index (χ1) is 15.4. The lowest BCUT2D eigenvalue weighted by molar-refractivity contribution is -0.122. The molecule has 168 valence electrons. The van der Waals surface area contributed by atoms with E-state index in [-0.39, 0.29) is 11.8 Å². The van der Waals surface area contributed by atoms with Gasteiger partial charge in [-0.1, -0.05) is 42.5 Å². The topological polar surface area (TPSA) is 88.6 Å². The van der Waals surface area contributed by atoms with Crippen molar-refractivity contribution >= 4 is 68.6 Å². The standard InChI is InChI=1S/C22H23N3O4S3/c1-14-13-31-21(23-14)24-18(26)6-4-3-5-11-25-19(27)17(32-22(25)30)12-15-7-9-16(10-8-15)20(28)29-2/h7-10,12-13H,3-6,11H2,1-2H3,(H,23,24,26). The van der Waals surface area contributed by atoms with Crippen molar-refractivity contribution in [3.63, 3.8) is 0 Å². The van der Waals surface area contributed by atoms with Crippen LogP contribution in [0, 0.1) is 6.92 Å². The van der Waals surface area contributed by atoms with Gasteiger partial charge >= 0.3 is 5.97 Å². The third kappa shape index (κ3) is 6.47. The maximum Gasteiger partial charge on any atom is 0.337 e. The molecule has 32 heavy (non-hydrogen) atoms. The van der Waals surface area contributed by atoms with Gasteiger partial charge in [-0.3, -0.25) is 14.5 Å². The smallest absolute Gasteiger partial charge is 0.337 e. The fourth-order valence-corrected chi connectivity index (χ4v) is 5.02. The molecule has 2 heterocycles. The molecule has 2 amide bonds.